The first-order chi connectivity index (χ1) is 8.24. The summed E-state index contributed by atoms with van der Waals surface area (Å²) in [6.45, 7) is 6.10. The van der Waals surface area contributed by atoms with Gasteiger partial charge in [0, 0.05) is 44.0 Å². The lowest BCUT2D eigenvalue weighted by Crippen LogP contribution is -2.34. The molecule has 1 rings (SSSR count). The van der Waals surface area contributed by atoms with Crippen molar-refractivity contribution in [2.24, 2.45) is 5.73 Å². The zero-order valence-corrected chi connectivity index (χ0v) is 11.8. The molecule has 0 aromatic carbocycles. The Morgan fingerprint density at radius 1 is 1.29 bits per heavy atom. The number of hydrogen-bond donors (Lipinski definition) is 3. The highest BCUT2D eigenvalue weighted by Crippen LogP contribution is 2.16. The molecule has 100 valence electrons. The maximum Gasteiger partial charge on any atom is 0.223 e. The Labute approximate surface area is 112 Å². The van der Waals surface area contributed by atoms with E-state index >= 15 is 0 Å². The molecule has 17 heavy (non-hydrogen) atoms. The molecule has 1 fully saturated rings. The van der Waals surface area contributed by atoms with Crippen molar-refractivity contribution in [1.82, 2.24) is 15.5 Å². The van der Waals surface area contributed by atoms with Crippen LogP contribution in [0.3, 0.4) is 0 Å². The first-order valence-corrected chi connectivity index (χ1v) is 7.19. The van der Waals surface area contributed by atoms with Crippen LogP contribution in [0.1, 0.15) is 12.8 Å². The number of carbonyl (C=O) groups excluding carboxylic acids is 1. The van der Waals surface area contributed by atoms with E-state index in [9.17, 15) is 4.79 Å². The Balaban J connectivity index is 1.89. The molecule has 0 bridgehead atoms. The lowest BCUT2D eigenvalue weighted by Gasteiger charge is -2.16. The number of halogens is 1. The fourth-order valence-electron chi connectivity index (χ4n) is 1.84. The van der Waals surface area contributed by atoms with Crippen LogP contribution >= 0.6 is 15.9 Å². The minimum atomic E-state index is 0.262. The summed E-state index contributed by atoms with van der Waals surface area (Å²) in [4.78, 5) is 13.7. The molecular formula is C11H23BrN4O. The Morgan fingerprint density at radius 3 is 2.59 bits per heavy atom. The number of likely N-dealkylation sites (tertiary alicyclic amines) is 1. The van der Waals surface area contributed by atoms with Gasteiger partial charge in [-0.1, -0.05) is 15.9 Å². The lowest BCUT2D eigenvalue weighted by molar-refractivity contribution is -0.127. The minimum Gasteiger partial charge on any atom is -0.340 e. The molecule has 0 saturated carbocycles. The molecule has 1 aliphatic rings. The van der Waals surface area contributed by atoms with E-state index in [1.165, 1.54) is 0 Å². The van der Waals surface area contributed by atoms with Crippen LogP contribution in [-0.2, 0) is 4.79 Å². The fraction of sp³-hybridized carbons (Fsp3) is 0.909. The summed E-state index contributed by atoms with van der Waals surface area (Å²) in [6, 6.07) is 0. The second-order valence-corrected chi connectivity index (χ2v) is 5.58. The SMILES string of the molecule is NCCNCCCNCCN1CC(Br)CC1=O. The molecule has 0 aromatic heterocycles. The highest BCUT2D eigenvalue weighted by molar-refractivity contribution is 9.09. The number of carbonyl (C=O) groups is 1. The molecule has 1 aliphatic heterocycles. The van der Waals surface area contributed by atoms with Crippen LogP contribution in [0, 0.1) is 0 Å². The summed E-state index contributed by atoms with van der Waals surface area (Å²) in [6.07, 6.45) is 1.73. The topological polar surface area (TPSA) is 70.4 Å². The Kier molecular flexibility index (Phi) is 7.75. The van der Waals surface area contributed by atoms with Gasteiger partial charge in [0.05, 0.1) is 0 Å². The molecule has 1 saturated heterocycles. The second-order valence-electron chi connectivity index (χ2n) is 4.28. The summed E-state index contributed by atoms with van der Waals surface area (Å²) in [5.41, 5.74) is 5.37. The fourth-order valence-corrected chi connectivity index (χ4v) is 2.47. The van der Waals surface area contributed by atoms with Gasteiger partial charge in [-0.3, -0.25) is 4.79 Å². The monoisotopic (exact) mass is 306 g/mol. The van der Waals surface area contributed by atoms with Crippen molar-refractivity contribution in [2.75, 3.05) is 45.8 Å². The van der Waals surface area contributed by atoms with Crippen molar-refractivity contribution < 1.29 is 4.79 Å². The third-order valence-corrected chi connectivity index (χ3v) is 3.37. The number of amides is 1. The third-order valence-electron chi connectivity index (χ3n) is 2.75. The maximum atomic E-state index is 11.5. The van der Waals surface area contributed by atoms with Crippen LogP contribution in [0.5, 0.6) is 0 Å². The van der Waals surface area contributed by atoms with E-state index in [2.05, 4.69) is 26.6 Å². The van der Waals surface area contributed by atoms with E-state index in [0.717, 1.165) is 45.7 Å². The van der Waals surface area contributed by atoms with Gasteiger partial charge in [0.25, 0.3) is 0 Å². The van der Waals surface area contributed by atoms with E-state index in [0.29, 0.717) is 17.8 Å². The van der Waals surface area contributed by atoms with Gasteiger partial charge in [-0.25, -0.2) is 0 Å². The number of alkyl halides is 1. The van der Waals surface area contributed by atoms with E-state index in [1.54, 1.807) is 0 Å². The molecule has 6 heteroatoms. The molecule has 0 radical (unpaired) electrons. The van der Waals surface area contributed by atoms with Gasteiger partial charge in [-0.15, -0.1) is 0 Å². The van der Waals surface area contributed by atoms with Crippen LogP contribution < -0.4 is 16.4 Å². The predicted octanol–water partition coefficient (Wildman–Crippen LogP) is -0.490. The van der Waals surface area contributed by atoms with Gasteiger partial charge in [-0.05, 0) is 19.5 Å². The minimum absolute atomic E-state index is 0.262. The molecule has 4 N–H and O–H groups in total. The summed E-state index contributed by atoms with van der Waals surface area (Å²) in [5.74, 6) is 0.262. The number of hydrogen-bond acceptors (Lipinski definition) is 4. The molecule has 0 spiro atoms. The van der Waals surface area contributed by atoms with E-state index in [-0.39, 0.29) is 5.91 Å². The molecule has 5 nitrogen and oxygen atoms in total. The molecule has 0 aromatic rings. The molecular weight excluding hydrogens is 284 g/mol. The van der Waals surface area contributed by atoms with Crippen LogP contribution in [0.25, 0.3) is 0 Å². The van der Waals surface area contributed by atoms with Gasteiger partial charge < -0.3 is 21.3 Å². The second kappa shape index (κ2) is 8.85. The molecule has 1 amide bonds. The standard InChI is InChI=1S/C11H23BrN4O/c12-10-8-11(17)16(9-10)7-6-15-4-1-3-14-5-2-13/h10,14-15H,1-9,13H2. The van der Waals surface area contributed by atoms with E-state index in [1.807, 2.05) is 4.90 Å². The van der Waals surface area contributed by atoms with Gasteiger partial charge in [0.15, 0.2) is 0 Å². The summed E-state index contributed by atoms with van der Waals surface area (Å²) in [7, 11) is 0. The zero-order chi connectivity index (χ0) is 12.5. The quantitative estimate of drug-likeness (QED) is 0.397. The summed E-state index contributed by atoms with van der Waals surface area (Å²) in [5, 5.41) is 6.59. The van der Waals surface area contributed by atoms with Crippen molar-refractivity contribution in [3.05, 3.63) is 0 Å². The third kappa shape index (κ3) is 6.35. The molecule has 1 heterocycles. The summed E-state index contributed by atoms with van der Waals surface area (Å²) < 4.78 is 0. The largest absolute Gasteiger partial charge is 0.340 e. The molecule has 1 unspecified atom stereocenters. The number of nitrogens with two attached hydrogens (primary N) is 1. The van der Waals surface area contributed by atoms with Gasteiger partial charge in [-0.2, -0.15) is 0 Å². The van der Waals surface area contributed by atoms with Gasteiger partial charge in [0.2, 0.25) is 5.91 Å². The molecule has 1 atom stereocenters. The zero-order valence-electron chi connectivity index (χ0n) is 10.3. The average molecular weight is 307 g/mol. The Bertz CT molecular complexity index is 228. The average Bonchev–Trinajstić information content (AvgIpc) is 2.61. The molecule has 0 aliphatic carbocycles. The van der Waals surface area contributed by atoms with Crippen LogP contribution in [0.2, 0.25) is 0 Å². The van der Waals surface area contributed by atoms with Crippen molar-refractivity contribution in [2.45, 2.75) is 17.7 Å². The van der Waals surface area contributed by atoms with Gasteiger partial charge >= 0.3 is 0 Å². The van der Waals surface area contributed by atoms with E-state index < -0.39 is 0 Å². The Morgan fingerprint density at radius 2 is 2.00 bits per heavy atom. The first kappa shape index (κ1) is 14.9. The van der Waals surface area contributed by atoms with Crippen LogP contribution in [-0.4, -0.2) is 61.4 Å². The maximum absolute atomic E-state index is 11.5. The van der Waals surface area contributed by atoms with Crippen molar-refractivity contribution in [3.8, 4) is 0 Å². The highest BCUT2D eigenvalue weighted by Gasteiger charge is 2.26. The van der Waals surface area contributed by atoms with Crippen LogP contribution in [0.4, 0.5) is 0 Å². The number of nitrogens with zero attached hydrogens (tertiary/aromatic N) is 1. The summed E-state index contributed by atoms with van der Waals surface area (Å²) >= 11 is 3.48. The van der Waals surface area contributed by atoms with Gasteiger partial charge in [0.1, 0.15) is 0 Å². The first-order valence-electron chi connectivity index (χ1n) is 6.27. The Hall–Kier alpha value is -0.170. The van der Waals surface area contributed by atoms with E-state index in [4.69, 9.17) is 5.73 Å². The highest BCUT2D eigenvalue weighted by atomic mass is 79.9. The number of rotatable bonds is 9. The smallest absolute Gasteiger partial charge is 0.223 e. The van der Waals surface area contributed by atoms with Crippen molar-refractivity contribution >= 4 is 21.8 Å². The number of nitrogens with one attached hydrogen (secondary N) is 2. The normalized spacial score (nSPS) is 20.2. The van der Waals surface area contributed by atoms with Crippen molar-refractivity contribution in [3.63, 3.8) is 0 Å². The van der Waals surface area contributed by atoms with Crippen molar-refractivity contribution in [1.29, 1.82) is 0 Å². The predicted molar refractivity (Wildman–Crippen MR) is 73.3 cm³/mol. The van der Waals surface area contributed by atoms with Crippen LogP contribution in [0.15, 0.2) is 0 Å². The lowest BCUT2D eigenvalue weighted by atomic mass is 10.4.